The van der Waals surface area contributed by atoms with Crippen molar-refractivity contribution in [3.05, 3.63) is 24.3 Å². The van der Waals surface area contributed by atoms with Crippen LogP contribution >= 0.6 is 0 Å². The van der Waals surface area contributed by atoms with Crippen LogP contribution in [0.5, 0.6) is 0 Å². The summed E-state index contributed by atoms with van der Waals surface area (Å²) in [7, 11) is 0. The monoisotopic (exact) mass is 164 g/mol. The highest BCUT2D eigenvalue weighted by Gasteiger charge is 1.94. The Morgan fingerprint density at radius 3 is 2.50 bits per heavy atom. The Morgan fingerprint density at radius 2 is 2.00 bits per heavy atom. The topological polar surface area (TPSA) is 78.9 Å². The minimum absolute atomic E-state index is 0.0317. The van der Waals surface area contributed by atoms with E-state index in [2.05, 4.69) is 5.32 Å². The van der Waals surface area contributed by atoms with E-state index < -0.39 is 5.91 Å². The summed E-state index contributed by atoms with van der Waals surface area (Å²) in [6.45, 7) is 0.0317. The van der Waals surface area contributed by atoms with Gasteiger partial charge < -0.3 is 11.1 Å². The zero-order chi connectivity index (χ0) is 8.97. The van der Waals surface area contributed by atoms with Gasteiger partial charge in [0.1, 0.15) is 0 Å². The van der Waals surface area contributed by atoms with Crippen LogP contribution in [0.3, 0.4) is 0 Å². The molecule has 0 spiro atoms. The average molecular weight is 164 g/mol. The molecular weight excluding hydrogens is 154 g/mol. The Bertz CT molecular complexity index is 268. The van der Waals surface area contributed by atoms with E-state index in [4.69, 9.17) is 11.5 Å². The van der Waals surface area contributed by atoms with E-state index in [9.17, 15) is 4.79 Å². The smallest absolute Gasteiger partial charge is 0.257 e. The van der Waals surface area contributed by atoms with Crippen LogP contribution in [0.1, 0.15) is 0 Å². The highest BCUT2D eigenvalue weighted by Crippen LogP contribution is 2.09. The Kier molecular flexibility index (Phi) is 2.53. The summed E-state index contributed by atoms with van der Waals surface area (Å²) < 4.78 is 0. The first-order chi connectivity index (χ1) is 5.68. The Labute approximate surface area is 70.6 Å². The van der Waals surface area contributed by atoms with E-state index in [1.807, 2.05) is 0 Å². The average Bonchev–Trinajstić information content (AvgIpc) is 2.03. The highest BCUT2D eigenvalue weighted by molar-refractivity contribution is 5.78. The van der Waals surface area contributed by atoms with Gasteiger partial charge in [0.25, 0.3) is 5.91 Å². The van der Waals surface area contributed by atoms with Gasteiger partial charge in [-0.15, -0.1) is 0 Å². The van der Waals surface area contributed by atoms with Crippen LogP contribution in [-0.4, -0.2) is 12.5 Å². The minimum atomic E-state index is -0.633. The van der Waals surface area contributed by atoms with Crippen LogP contribution in [-0.2, 0) is 4.79 Å². The quantitative estimate of drug-likeness (QED) is 0.638. The second-order valence-electron chi connectivity index (χ2n) is 2.40. The molecule has 0 aromatic heterocycles. The maximum atomic E-state index is 10.3. The lowest BCUT2D eigenvalue weighted by Gasteiger charge is -2.02. The molecule has 1 amide bonds. The second-order valence-corrected chi connectivity index (χ2v) is 2.40. The predicted molar refractivity (Wildman–Crippen MR) is 47.4 cm³/mol. The molecule has 0 fully saturated rings. The fraction of sp³-hybridized carbons (Fsp3) is 0.125. The molecule has 1 aromatic rings. The van der Waals surface area contributed by atoms with Gasteiger partial charge >= 0.3 is 0 Å². The van der Waals surface area contributed by atoms with Gasteiger partial charge in [-0.1, -0.05) is 0 Å². The minimum Gasteiger partial charge on any atom is -0.399 e. The summed E-state index contributed by atoms with van der Waals surface area (Å²) in [6, 6.07) is 6.99. The molecule has 0 saturated carbocycles. The first kappa shape index (κ1) is 8.39. The van der Waals surface area contributed by atoms with Crippen molar-refractivity contribution >= 4 is 17.3 Å². The number of hydrogen-bond donors (Lipinski definition) is 2. The first-order valence-corrected chi connectivity index (χ1v) is 3.52. The number of rotatable bonds is 3. The molecule has 1 radical (unpaired) electrons. The van der Waals surface area contributed by atoms with E-state index in [-0.39, 0.29) is 6.54 Å². The summed E-state index contributed by atoms with van der Waals surface area (Å²) in [5, 5.41) is 2.78. The summed E-state index contributed by atoms with van der Waals surface area (Å²) in [5.74, 6) is -0.633. The van der Waals surface area contributed by atoms with Crippen molar-refractivity contribution in [3.63, 3.8) is 0 Å². The number of carbonyl (C=O) groups is 1. The fourth-order valence-electron chi connectivity index (χ4n) is 0.783. The van der Waals surface area contributed by atoms with Crippen molar-refractivity contribution in [3.8, 4) is 0 Å². The number of anilines is 2. The number of nitrogen functional groups attached to an aromatic ring is 1. The third kappa shape index (κ3) is 2.49. The summed E-state index contributed by atoms with van der Waals surface area (Å²) in [4.78, 5) is 10.3. The van der Waals surface area contributed by atoms with Crippen LogP contribution in [0.4, 0.5) is 11.4 Å². The molecule has 0 saturated heterocycles. The van der Waals surface area contributed by atoms with Crippen LogP contribution in [0.2, 0.25) is 0 Å². The predicted octanol–water partition coefficient (Wildman–Crippen LogP) is 0.490. The third-order valence-electron chi connectivity index (χ3n) is 1.36. The Morgan fingerprint density at radius 1 is 1.42 bits per heavy atom. The molecule has 0 atom stereocenters. The number of nitrogens with one attached hydrogen (secondary N) is 2. The lowest BCUT2D eigenvalue weighted by molar-refractivity contribution is -0.117. The lowest BCUT2D eigenvalue weighted by atomic mass is 10.3. The van der Waals surface area contributed by atoms with Crippen molar-refractivity contribution in [1.29, 1.82) is 0 Å². The molecule has 0 unspecified atom stereocenters. The van der Waals surface area contributed by atoms with Crippen LogP contribution < -0.4 is 16.8 Å². The van der Waals surface area contributed by atoms with Gasteiger partial charge in [0, 0.05) is 11.4 Å². The number of nitrogens with two attached hydrogens (primary N) is 1. The molecule has 1 aromatic carbocycles. The molecule has 4 N–H and O–H groups in total. The maximum Gasteiger partial charge on any atom is 0.257 e. The molecule has 0 aliphatic heterocycles. The van der Waals surface area contributed by atoms with Crippen molar-refractivity contribution in [1.82, 2.24) is 5.73 Å². The SMILES string of the molecule is [NH]C(=O)CNc1ccc(N)cc1. The van der Waals surface area contributed by atoms with Crippen LogP contribution in [0.15, 0.2) is 24.3 Å². The van der Waals surface area contributed by atoms with Crippen molar-refractivity contribution in [2.24, 2.45) is 0 Å². The lowest BCUT2D eigenvalue weighted by Crippen LogP contribution is -2.13. The summed E-state index contributed by atoms with van der Waals surface area (Å²) >= 11 is 0. The van der Waals surface area contributed by atoms with E-state index >= 15 is 0 Å². The molecule has 4 nitrogen and oxygen atoms in total. The molecule has 0 bridgehead atoms. The number of amides is 1. The third-order valence-corrected chi connectivity index (χ3v) is 1.36. The zero-order valence-corrected chi connectivity index (χ0v) is 6.50. The van der Waals surface area contributed by atoms with Gasteiger partial charge in [-0.25, -0.2) is 0 Å². The summed E-state index contributed by atoms with van der Waals surface area (Å²) in [5.41, 5.74) is 13.6. The molecule has 63 valence electrons. The summed E-state index contributed by atoms with van der Waals surface area (Å²) in [6.07, 6.45) is 0. The Hall–Kier alpha value is -1.71. The number of benzene rings is 1. The standard InChI is InChI=1S/C8H10N3O/c9-6-1-3-7(4-2-6)11-5-8(10)12/h1-4,10-11H,5,9H2. The van der Waals surface area contributed by atoms with Gasteiger partial charge in [-0.2, -0.15) is 0 Å². The van der Waals surface area contributed by atoms with Crippen molar-refractivity contribution in [2.75, 3.05) is 17.6 Å². The van der Waals surface area contributed by atoms with Crippen LogP contribution in [0.25, 0.3) is 0 Å². The molecule has 0 heterocycles. The molecule has 1 rings (SSSR count). The molecular formula is C8H10N3O. The van der Waals surface area contributed by atoms with E-state index in [1.165, 1.54) is 0 Å². The zero-order valence-electron chi connectivity index (χ0n) is 6.50. The van der Waals surface area contributed by atoms with Gasteiger partial charge in [0.15, 0.2) is 0 Å². The van der Waals surface area contributed by atoms with Gasteiger partial charge in [0.2, 0.25) is 0 Å². The highest BCUT2D eigenvalue weighted by atomic mass is 16.1. The number of carbonyl (C=O) groups excluding carboxylic acids is 1. The molecule has 4 heteroatoms. The molecule has 12 heavy (non-hydrogen) atoms. The van der Waals surface area contributed by atoms with Crippen molar-refractivity contribution in [2.45, 2.75) is 0 Å². The molecule has 0 aliphatic carbocycles. The normalized spacial score (nSPS) is 9.33. The van der Waals surface area contributed by atoms with Crippen LogP contribution in [0, 0.1) is 0 Å². The maximum absolute atomic E-state index is 10.3. The largest absolute Gasteiger partial charge is 0.399 e. The Balaban J connectivity index is 2.53. The van der Waals surface area contributed by atoms with Gasteiger partial charge in [-0.3, -0.25) is 10.5 Å². The van der Waals surface area contributed by atoms with Gasteiger partial charge in [0.05, 0.1) is 6.54 Å². The molecule has 0 aliphatic rings. The number of hydrogen-bond acceptors (Lipinski definition) is 3. The van der Waals surface area contributed by atoms with Gasteiger partial charge in [-0.05, 0) is 24.3 Å². The second kappa shape index (κ2) is 3.61. The van der Waals surface area contributed by atoms with E-state index in [0.29, 0.717) is 5.69 Å². The van der Waals surface area contributed by atoms with E-state index in [1.54, 1.807) is 24.3 Å². The fourth-order valence-corrected chi connectivity index (χ4v) is 0.783. The van der Waals surface area contributed by atoms with Crippen molar-refractivity contribution < 1.29 is 4.79 Å². The first-order valence-electron chi connectivity index (χ1n) is 3.52. The van der Waals surface area contributed by atoms with E-state index in [0.717, 1.165) is 5.69 Å².